The lowest BCUT2D eigenvalue weighted by Gasteiger charge is -2.27. The Morgan fingerprint density at radius 3 is 2.29 bits per heavy atom. The first-order valence-electron chi connectivity index (χ1n) is 7.69. The van der Waals surface area contributed by atoms with Crippen LogP contribution in [0.4, 0.5) is 13.6 Å². The van der Waals surface area contributed by atoms with E-state index in [1.54, 1.807) is 0 Å². The third-order valence-electron chi connectivity index (χ3n) is 4.15. The largest absolute Gasteiger partial charge is 0.481 e. The van der Waals surface area contributed by atoms with Crippen molar-refractivity contribution in [3.63, 3.8) is 0 Å². The van der Waals surface area contributed by atoms with Gasteiger partial charge in [0.2, 0.25) is 0 Å². The van der Waals surface area contributed by atoms with Crippen LogP contribution in [-0.2, 0) is 10.7 Å². The summed E-state index contributed by atoms with van der Waals surface area (Å²) in [5.41, 5.74) is -0.228. The van der Waals surface area contributed by atoms with Crippen LogP contribution in [0.5, 0.6) is 0 Å². The van der Waals surface area contributed by atoms with Crippen LogP contribution in [0.2, 0.25) is 5.02 Å². The number of benzene rings is 1. The molecule has 2 rings (SSSR count). The van der Waals surface area contributed by atoms with Crippen molar-refractivity contribution in [3.05, 3.63) is 34.9 Å². The number of urea groups is 1. The highest BCUT2D eigenvalue weighted by molar-refractivity contribution is 6.30. The molecule has 0 saturated heterocycles. The van der Waals surface area contributed by atoms with Crippen molar-refractivity contribution in [1.82, 2.24) is 10.6 Å². The monoisotopic (exact) mass is 360 g/mol. The fourth-order valence-electron chi connectivity index (χ4n) is 2.71. The zero-order valence-electron chi connectivity index (χ0n) is 12.9. The van der Waals surface area contributed by atoms with E-state index in [1.165, 1.54) is 24.3 Å². The van der Waals surface area contributed by atoms with Gasteiger partial charge in [-0.2, -0.15) is 8.78 Å². The van der Waals surface area contributed by atoms with Gasteiger partial charge < -0.3 is 15.7 Å². The third kappa shape index (κ3) is 5.06. The summed E-state index contributed by atoms with van der Waals surface area (Å²) in [4.78, 5) is 22.6. The molecule has 0 bridgehead atoms. The number of aliphatic carboxylic acids is 1. The van der Waals surface area contributed by atoms with Crippen LogP contribution < -0.4 is 10.6 Å². The van der Waals surface area contributed by atoms with E-state index in [0.29, 0.717) is 30.7 Å². The highest BCUT2D eigenvalue weighted by Crippen LogP contribution is 2.28. The summed E-state index contributed by atoms with van der Waals surface area (Å²) in [5, 5.41) is 14.1. The van der Waals surface area contributed by atoms with Crippen LogP contribution in [0.15, 0.2) is 24.3 Å². The molecule has 0 heterocycles. The van der Waals surface area contributed by atoms with Crippen LogP contribution in [-0.4, -0.2) is 29.7 Å². The Hall–Kier alpha value is -1.89. The normalized spacial score (nSPS) is 21.1. The molecular formula is C16H19ClF2N2O3. The molecule has 2 amide bonds. The molecule has 1 aromatic carbocycles. The van der Waals surface area contributed by atoms with E-state index in [-0.39, 0.29) is 17.5 Å². The first kappa shape index (κ1) is 18.4. The molecule has 0 radical (unpaired) electrons. The van der Waals surface area contributed by atoms with Crippen molar-refractivity contribution in [2.24, 2.45) is 5.92 Å². The number of carboxylic acids is 1. The minimum atomic E-state index is -3.21. The fraction of sp³-hybridized carbons (Fsp3) is 0.500. The first-order valence-corrected chi connectivity index (χ1v) is 8.07. The lowest BCUT2D eigenvalue weighted by atomic mass is 9.86. The molecule has 0 aliphatic heterocycles. The van der Waals surface area contributed by atoms with E-state index in [1.807, 2.05) is 0 Å². The van der Waals surface area contributed by atoms with Gasteiger partial charge >= 0.3 is 12.0 Å². The Kier molecular flexibility index (Phi) is 5.99. The zero-order valence-corrected chi connectivity index (χ0v) is 13.7. The summed E-state index contributed by atoms with van der Waals surface area (Å²) >= 11 is 5.67. The molecule has 8 heteroatoms. The zero-order chi connectivity index (χ0) is 17.7. The van der Waals surface area contributed by atoms with Crippen LogP contribution >= 0.6 is 11.6 Å². The van der Waals surface area contributed by atoms with Crippen molar-refractivity contribution in [3.8, 4) is 0 Å². The van der Waals surface area contributed by atoms with Gasteiger partial charge in [0.1, 0.15) is 0 Å². The van der Waals surface area contributed by atoms with Crippen LogP contribution in [0.25, 0.3) is 0 Å². The number of alkyl halides is 2. The molecule has 1 aliphatic rings. The fourth-order valence-corrected chi connectivity index (χ4v) is 2.83. The Bertz CT molecular complexity index is 587. The lowest BCUT2D eigenvalue weighted by molar-refractivity contribution is -0.142. The standard InChI is InChI=1S/C16H19ClF2N2O3/c17-12-5-3-11(4-6-12)16(18,19)9-20-15(24)21-13-7-1-10(2-8-13)14(22)23/h3-6,10,13H,1-2,7-9H2,(H,22,23)(H2,20,21,24). The SMILES string of the molecule is O=C(NCC(F)(F)c1ccc(Cl)cc1)NC1CCC(C(=O)O)CC1. The van der Waals surface area contributed by atoms with Gasteiger partial charge in [-0.1, -0.05) is 23.7 Å². The number of carboxylic acid groups (broad SMARTS) is 1. The first-order chi connectivity index (χ1) is 11.3. The van der Waals surface area contributed by atoms with Crippen LogP contribution in [0.1, 0.15) is 31.2 Å². The van der Waals surface area contributed by atoms with E-state index in [4.69, 9.17) is 16.7 Å². The number of carbonyl (C=O) groups excluding carboxylic acids is 1. The number of rotatable bonds is 5. The highest BCUT2D eigenvalue weighted by atomic mass is 35.5. The number of amides is 2. The molecule has 5 nitrogen and oxygen atoms in total. The van der Waals surface area contributed by atoms with Gasteiger partial charge in [0.25, 0.3) is 5.92 Å². The number of hydrogen-bond donors (Lipinski definition) is 3. The van der Waals surface area contributed by atoms with Gasteiger partial charge in [-0.25, -0.2) is 4.79 Å². The van der Waals surface area contributed by atoms with Gasteiger partial charge in [-0.3, -0.25) is 4.79 Å². The summed E-state index contributed by atoms with van der Waals surface area (Å²) in [7, 11) is 0. The number of halogens is 3. The summed E-state index contributed by atoms with van der Waals surface area (Å²) in [6, 6.07) is 4.30. The lowest BCUT2D eigenvalue weighted by Crippen LogP contribution is -2.46. The predicted molar refractivity (Wildman–Crippen MR) is 85.3 cm³/mol. The Morgan fingerprint density at radius 1 is 1.17 bits per heavy atom. The van der Waals surface area contributed by atoms with Crippen molar-refractivity contribution in [2.45, 2.75) is 37.6 Å². The van der Waals surface area contributed by atoms with Gasteiger partial charge in [0.05, 0.1) is 12.5 Å². The average Bonchev–Trinajstić information content (AvgIpc) is 2.54. The average molecular weight is 361 g/mol. The van der Waals surface area contributed by atoms with Crippen molar-refractivity contribution in [2.75, 3.05) is 6.54 Å². The molecule has 0 spiro atoms. The van der Waals surface area contributed by atoms with Gasteiger partial charge in [-0.05, 0) is 37.8 Å². The minimum Gasteiger partial charge on any atom is -0.481 e. The van der Waals surface area contributed by atoms with Crippen LogP contribution in [0, 0.1) is 5.92 Å². The Labute approximate surface area is 143 Å². The molecule has 0 unspecified atom stereocenters. The summed E-state index contributed by atoms with van der Waals surface area (Å²) < 4.78 is 28.0. The second-order valence-corrected chi connectivity index (χ2v) is 6.36. The molecule has 3 N–H and O–H groups in total. The van der Waals surface area contributed by atoms with Gasteiger partial charge in [0, 0.05) is 16.6 Å². The quantitative estimate of drug-likeness (QED) is 0.753. The second kappa shape index (κ2) is 7.79. The van der Waals surface area contributed by atoms with Crippen molar-refractivity contribution >= 4 is 23.6 Å². The highest BCUT2D eigenvalue weighted by Gasteiger charge is 2.32. The van der Waals surface area contributed by atoms with E-state index >= 15 is 0 Å². The predicted octanol–water partition coefficient (Wildman–Crippen LogP) is 3.37. The molecule has 1 fully saturated rings. The van der Waals surface area contributed by atoms with Gasteiger partial charge in [-0.15, -0.1) is 0 Å². The summed E-state index contributed by atoms with van der Waals surface area (Å²) in [5.74, 6) is -4.43. The number of carbonyl (C=O) groups is 2. The number of hydrogen-bond acceptors (Lipinski definition) is 2. The van der Waals surface area contributed by atoms with E-state index in [2.05, 4.69) is 10.6 Å². The maximum Gasteiger partial charge on any atom is 0.315 e. The van der Waals surface area contributed by atoms with Crippen LogP contribution in [0.3, 0.4) is 0 Å². The van der Waals surface area contributed by atoms with Crippen molar-refractivity contribution in [1.29, 1.82) is 0 Å². The molecule has 132 valence electrons. The molecule has 1 aromatic rings. The molecule has 24 heavy (non-hydrogen) atoms. The topological polar surface area (TPSA) is 78.4 Å². The molecular weight excluding hydrogens is 342 g/mol. The van der Waals surface area contributed by atoms with E-state index in [9.17, 15) is 18.4 Å². The second-order valence-electron chi connectivity index (χ2n) is 5.93. The van der Waals surface area contributed by atoms with E-state index < -0.39 is 24.5 Å². The maximum atomic E-state index is 14.0. The molecule has 0 atom stereocenters. The minimum absolute atomic E-state index is 0.190. The smallest absolute Gasteiger partial charge is 0.315 e. The summed E-state index contributed by atoms with van der Waals surface area (Å²) in [6.07, 6.45) is 2.00. The molecule has 1 saturated carbocycles. The molecule has 1 aliphatic carbocycles. The maximum absolute atomic E-state index is 14.0. The summed E-state index contributed by atoms with van der Waals surface area (Å²) in [6.45, 7) is -0.828. The number of nitrogens with one attached hydrogen (secondary N) is 2. The van der Waals surface area contributed by atoms with Crippen molar-refractivity contribution < 1.29 is 23.5 Å². The Balaban J connectivity index is 1.78. The Morgan fingerprint density at radius 2 is 1.75 bits per heavy atom. The van der Waals surface area contributed by atoms with E-state index in [0.717, 1.165) is 0 Å². The third-order valence-corrected chi connectivity index (χ3v) is 4.40. The molecule has 0 aromatic heterocycles. The van der Waals surface area contributed by atoms with Gasteiger partial charge in [0.15, 0.2) is 0 Å².